The van der Waals surface area contributed by atoms with Crippen LogP contribution in [0.5, 0.6) is 0 Å². The second-order valence-corrected chi connectivity index (χ2v) is 6.58. The molecule has 0 aromatic heterocycles. The lowest BCUT2D eigenvalue weighted by atomic mass is 10.3. The molecule has 0 heterocycles. The third kappa shape index (κ3) is 3.78. The molecule has 0 fully saturated rings. The van der Waals surface area contributed by atoms with Crippen LogP contribution in [0.3, 0.4) is 0 Å². The summed E-state index contributed by atoms with van der Waals surface area (Å²) in [4.78, 5) is 9.93. The Morgan fingerprint density at radius 1 is 1.50 bits per heavy atom. The van der Waals surface area contributed by atoms with Gasteiger partial charge in [-0.25, -0.2) is 12.7 Å². The Balaban J connectivity index is 3.06. The second kappa shape index (κ2) is 6.83. The van der Waals surface area contributed by atoms with E-state index in [1.165, 1.54) is 19.2 Å². The van der Waals surface area contributed by atoms with E-state index < -0.39 is 20.6 Å². The van der Waals surface area contributed by atoms with Crippen LogP contribution in [0.1, 0.15) is 12.8 Å². The van der Waals surface area contributed by atoms with Gasteiger partial charge in [0, 0.05) is 19.7 Å². The smallest absolute Gasteiger partial charge is 0.258 e. The van der Waals surface area contributed by atoms with E-state index in [0.29, 0.717) is 19.4 Å². The molecule has 0 amide bonds. The Kier molecular flexibility index (Phi) is 5.67. The molecule has 0 aliphatic rings. The summed E-state index contributed by atoms with van der Waals surface area (Å²) in [7, 11) is -2.33. The van der Waals surface area contributed by atoms with Crippen molar-refractivity contribution >= 4 is 27.3 Å². The maximum atomic E-state index is 12.2. The molecule has 0 saturated heterocycles. The van der Waals surface area contributed by atoms with Crippen LogP contribution in [-0.4, -0.2) is 31.2 Å². The Labute approximate surface area is 122 Å². The molecule has 0 radical (unpaired) electrons. The molecule has 0 spiro atoms. The molecule has 0 atom stereocenters. The van der Waals surface area contributed by atoms with Crippen LogP contribution in [0.25, 0.3) is 0 Å². The van der Waals surface area contributed by atoms with Gasteiger partial charge in [0.1, 0.15) is 5.02 Å². The first-order chi connectivity index (χ1) is 9.30. The van der Waals surface area contributed by atoms with E-state index in [9.17, 15) is 18.5 Å². The number of benzene rings is 1. The first-order valence-electron chi connectivity index (χ1n) is 5.82. The van der Waals surface area contributed by atoms with E-state index >= 15 is 0 Å². The number of hydrogen-bond acceptors (Lipinski definition) is 4. The highest BCUT2D eigenvalue weighted by Crippen LogP contribution is 2.28. The number of nitro groups is 1. The van der Waals surface area contributed by atoms with Crippen LogP contribution < -0.4 is 0 Å². The van der Waals surface area contributed by atoms with Crippen LogP contribution in [0, 0.1) is 10.1 Å². The zero-order valence-electron chi connectivity index (χ0n) is 11.0. The standard InChI is InChI=1S/C12H15ClN2O4S/c1-3-4-5-8-14(2)20(18,19)10-6-7-11(13)12(9-10)15(16)17/h3,6-7,9H,1,4-5,8H2,2H3. The fourth-order valence-corrected chi connectivity index (χ4v) is 2.97. The molecular formula is C12H15ClN2O4S. The summed E-state index contributed by atoms with van der Waals surface area (Å²) >= 11 is 5.66. The average molecular weight is 319 g/mol. The maximum Gasteiger partial charge on any atom is 0.289 e. The van der Waals surface area contributed by atoms with Crippen molar-refractivity contribution in [2.75, 3.05) is 13.6 Å². The highest BCUT2D eigenvalue weighted by molar-refractivity contribution is 7.89. The number of sulfonamides is 1. The van der Waals surface area contributed by atoms with Crippen LogP contribution in [0.15, 0.2) is 35.7 Å². The molecule has 1 aromatic rings. The third-order valence-corrected chi connectivity index (χ3v) is 4.88. The van der Waals surface area contributed by atoms with Crippen LogP contribution in [0.2, 0.25) is 5.02 Å². The molecule has 8 heteroatoms. The van der Waals surface area contributed by atoms with Crippen molar-refractivity contribution in [1.29, 1.82) is 0 Å². The third-order valence-electron chi connectivity index (χ3n) is 2.70. The van der Waals surface area contributed by atoms with Crippen molar-refractivity contribution in [1.82, 2.24) is 4.31 Å². The van der Waals surface area contributed by atoms with Crippen LogP contribution >= 0.6 is 11.6 Å². The normalized spacial score (nSPS) is 11.6. The number of halogens is 1. The SMILES string of the molecule is C=CCCCN(C)S(=O)(=O)c1ccc(Cl)c([N+](=O)[O-])c1. The maximum absolute atomic E-state index is 12.2. The summed E-state index contributed by atoms with van der Waals surface area (Å²) in [6.45, 7) is 3.87. The number of nitrogens with zero attached hydrogens (tertiary/aromatic N) is 2. The number of hydrogen-bond donors (Lipinski definition) is 0. The molecule has 110 valence electrons. The molecule has 1 rings (SSSR count). The van der Waals surface area contributed by atoms with Gasteiger partial charge in [-0.15, -0.1) is 6.58 Å². The molecule has 0 aliphatic carbocycles. The Bertz CT molecular complexity index is 616. The minimum Gasteiger partial charge on any atom is -0.258 e. The summed E-state index contributed by atoms with van der Waals surface area (Å²) in [5.41, 5.74) is -0.424. The Morgan fingerprint density at radius 2 is 2.15 bits per heavy atom. The van der Waals surface area contributed by atoms with Gasteiger partial charge in [-0.2, -0.15) is 0 Å². The van der Waals surface area contributed by atoms with Gasteiger partial charge in [0.2, 0.25) is 10.0 Å². The molecule has 1 aromatic carbocycles. The molecule has 0 aliphatic heterocycles. The van der Waals surface area contributed by atoms with E-state index in [-0.39, 0.29) is 9.92 Å². The quantitative estimate of drug-likeness (QED) is 0.335. The van der Waals surface area contributed by atoms with Crippen molar-refractivity contribution in [2.45, 2.75) is 17.7 Å². The van der Waals surface area contributed by atoms with Crippen molar-refractivity contribution in [3.8, 4) is 0 Å². The molecule has 20 heavy (non-hydrogen) atoms. The van der Waals surface area contributed by atoms with E-state index in [4.69, 9.17) is 11.6 Å². The van der Waals surface area contributed by atoms with Crippen molar-refractivity contribution in [2.24, 2.45) is 0 Å². The predicted octanol–water partition coefficient (Wildman–Crippen LogP) is 2.83. The molecule has 0 N–H and O–H groups in total. The fourth-order valence-electron chi connectivity index (χ4n) is 1.55. The zero-order valence-corrected chi connectivity index (χ0v) is 12.5. The second-order valence-electron chi connectivity index (χ2n) is 4.13. The lowest BCUT2D eigenvalue weighted by Gasteiger charge is -2.16. The fraction of sp³-hybridized carbons (Fsp3) is 0.333. The van der Waals surface area contributed by atoms with Gasteiger partial charge in [-0.3, -0.25) is 10.1 Å². The van der Waals surface area contributed by atoms with Gasteiger partial charge in [0.05, 0.1) is 9.82 Å². The van der Waals surface area contributed by atoms with Gasteiger partial charge in [-0.05, 0) is 25.0 Å². The minimum absolute atomic E-state index is 0.0942. The Hall–Kier alpha value is -1.44. The first-order valence-corrected chi connectivity index (χ1v) is 7.63. The number of unbranched alkanes of at least 4 members (excludes halogenated alkanes) is 1. The van der Waals surface area contributed by atoms with Gasteiger partial charge in [0.25, 0.3) is 5.69 Å². The largest absolute Gasteiger partial charge is 0.289 e. The molecule has 6 nitrogen and oxygen atoms in total. The predicted molar refractivity (Wildman–Crippen MR) is 77.4 cm³/mol. The van der Waals surface area contributed by atoms with Crippen molar-refractivity contribution in [3.05, 3.63) is 46.0 Å². The molecule has 0 unspecified atom stereocenters. The molecule has 0 bridgehead atoms. The summed E-state index contributed by atoms with van der Waals surface area (Å²) in [5, 5.41) is 10.7. The van der Waals surface area contributed by atoms with Gasteiger partial charge in [-0.1, -0.05) is 17.7 Å². The number of allylic oxidation sites excluding steroid dienone is 1. The van der Waals surface area contributed by atoms with Crippen LogP contribution in [-0.2, 0) is 10.0 Å². The van der Waals surface area contributed by atoms with E-state index in [0.717, 1.165) is 10.4 Å². The van der Waals surface area contributed by atoms with Crippen molar-refractivity contribution < 1.29 is 13.3 Å². The average Bonchev–Trinajstić information content (AvgIpc) is 2.38. The summed E-state index contributed by atoms with van der Waals surface area (Å²) in [6.07, 6.45) is 3.03. The lowest BCUT2D eigenvalue weighted by Crippen LogP contribution is -2.28. The Morgan fingerprint density at radius 3 is 2.70 bits per heavy atom. The monoisotopic (exact) mass is 318 g/mol. The van der Waals surface area contributed by atoms with E-state index in [1.807, 2.05) is 0 Å². The summed E-state index contributed by atoms with van der Waals surface area (Å²) in [6, 6.07) is 3.44. The summed E-state index contributed by atoms with van der Waals surface area (Å²) in [5.74, 6) is 0. The first kappa shape index (κ1) is 16.6. The lowest BCUT2D eigenvalue weighted by molar-refractivity contribution is -0.384. The van der Waals surface area contributed by atoms with Gasteiger partial charge in [0.15, 0.2) is 0 Å². The highest BCUT2D eigenvalue weighted by Gasteiger charge is 2.24. The minimum atomic E-state index is -3.76. The van der Waals surface area contributed by atoms with E-state index in [1.54, 1.807) is 6.08 Å². The van der Waals surface area contributed by atoms with Gasteiger partial charge >= 0.3 is 0 Å². The highest BCUT2D eigenvalue weighted by atomic mass is 35.5. The summed E-state index contributed by atoms with van der Waals surface area (Å²) < 4.78 is 25.6. The van der Waals surface area contributed by atoms with Crippen molar-refractivity contribution in [3.63, 3.8) is 0 Å². The topological polar surface area (TPSA) is 80.5 Å². The molecular weight excluding hydrogens is 304 g/mol. The van der Waals surface area contributed by atoms with Crippen LogP contribution in [0.4, 0.5) is 5.69 Å². The van der Waals surface area contributed by atoms with E-state index in [2.05, 4.69) is 6.58 Å². The number of nitro benzene ring substituents is 1. The van der Waals surface area contributed by atoms with Gasteiger partial charge < -0.3 is 0 Å². The number of rotatable bonds is 7. The molecule has 0 saturated carbocycles. The zero-order chi connectivity index (χ0) is 15.3.